The molecule has 41 heavy (non-hydrogen) atoms. The minimum atomic E-state index is -1.72. The van der Waals surface area contributed by atoms with Crippen LogP contribution in [0.2, 0.25) is 17.3 Å². The molecule has 0 saturated carbocycles. The van der Waals surface area contributed by atoms with E-state index >= 15 is 0 Å². The number of benzene rings is 3. The van der Waals surface area contributed by atoms with Gasteiger partial charge >= 0.3 is 99.8 Å². The molecule has 0 bridgehead atoms. The number of fused-ring (bicyclic) bond motifs is 3. The maximum absolute atomic E-state index is 13.5. The van der Waals surface area contributed by atoms with Crippen molar-refractivity contribution in [2.75, 3.05) is 0 Å². The fourth-order valence-electron chi connectivity index (χ4n) is 4.49. The van der Waals surface area contributed by atoms with Gasteiger partial charge < -0.3 is 9.40 Å². The standard InChI is InChI=1S/C21H17FNO.C14H16GeN.Ir/c1-21(2,3)13-9-10-23-18(11-13)17-6-4-5-16-15-8-7-14(22)12-19(15)24-20(16)17;1-15(2,3)13-9-10-14(16-11-13)12-7-5-4-6-8-12;/h4-5,7-12H,1-3H3;4-7,9-11H,1-3H3;/q2*-1;. The van der Waals surface area contributed by atoms with Crippen LogP contribution in [0.3, 0.4) is 0 Å². The first-order valence-corrected chi connectivity index (χ1v) is 20.8. The van der Waals surface area contributed by atoms with E-state index in [4.69, 9.17) is 4.42 Å². The summed E-state index contributed by atoms with van der Waals surface area (Å²) >= 11 is -1.72. The Labute approximate surface area is 258 Å². The molecule has 0 saturated heterocycles. The van der Waals surface area contributed by atoms with Gasteiger partial charge in [-0.15, -0.1) is 18.2 Å². The molecule has 3 nitrogen and oxygen atoms in total. The zero-order valence-corrected chi connectivity index (χ0v) is 28.7. The minimum Gasteiger partial charge on any atom is 0 e. The van der Waals surface area contributed by atoms with Crippen LogP contribution in [-0.4, -0.2) is 23.2 Å². The van der Waals surface area contributed by atoms with Crippen molar-refractivity contribution in [3.8, 4) is 22.5 Å². The zero-order valence-electron chi connectivity index (χ0n) is 24.2. The Kier molecular flexibility index (Phi) is 9.33. The van der Waals surface area contributed by atoms with Crippen molar-refractivity contribution in [2.24, 2.45) is 0 Å². The smallest absolute Gasteiger partial charge is 0 e. The molecule has 3 heterocycles. The molecule has 0 aliphatic carbocycles. The molecule has 0 aliphatic rings. The van der Waals surface area contributed by atoms with Gasteiger partial charge in [0.15, 0.2) is 0 Å². The topological polar surface area (TPSA) is 38.9 Å². The summed E-state index contributed by atoms with van der Waals surface area (Å²) in [5, 5.41) is 1.84. The van der Waals surface area contributed by atoms with Crippen LogP contribution in [0.4, 0.5) is 4.39 Å². The fraction of sp³-hybridized carbons (Fsp3) is 0.200. The fourth-order valence-corrected chi connectivity index (χ4v) is 6.66. The first-order chi connectivity index (χ1) is 19.0. The number of halogens is 1. The van der Waals surface area contributed by atoms with Gasteiger partial charge in [0.25, 0.3) is 0 Å². The molecule has 6 heteroatoms. The predicted octanol–water partition coefficient (Wildman–Crippen LogP) is 8.98. The maximum Gasteiger partial charge on any atom is 0 e. The van der Waals surface area contributed by atoms with Crippen molar-refractivity contribution in [3.63, 3.8) is 0 Å². The number of hydrogen-bond acceptors (Lipinski definition) is 3. The molecule has 0 N–H and O–H groups in total. The first-order valence-electron chi connectivity index (χ1n) is 13.4. The van der Waals surface area contributed by atoms with Crippen LogP contribution < -0.4 is 4.40 Å². The van der Waals surface area contributed by atoms with Crippen LogP contribution in [0.1, 0.15) is 26.3 Å². The molecule has 0 amide bonds. The molecule has 0 unspecified atom stereocenters. The number of pyridine rings is 2. The van der Waals surface area contributed by atoms with Crippen molar-refractivity contribution in [1.82, 2.24) is 9.97 Å². The van der Waals surface area contributed by atoms with Gasteiger partial charge in [-0.25, -0.2) is 4.39 Å². The van der Waals surface area contributed by atoms with Crippen molar-refractivity contribution < 1.29 is 28.9 Å². The summed E-state index contributed by atoms with van der Waals surface area (Å²) in [4.78, 5) is 9.03. The summed E-state index contributed by atoms with van der Waals surface area (Å²) in [5.74, 6) is 6.84. The van der Waals surface area contributed by atoms with E-state index in [1.54, 1.807) is 6.07 Å². The molecule has 0 fully saturated rings. The molecule has 0 aliphatic heterocycles. The molecular weight excluding hydrogens is 748 g/mol. The van der Waals surface area contributed by atoms with Crippen molar-refractivity contribution in [1.29, 1.82) is 0 Å². The summed E-state index contributed by atoms with van der Waals surface area (Å²) in [5.41, 5.74) is 6.14. The molecule has 3 aromatic carbocycles. The largest absolute Gasteiger partial charge is 0 e. The quantitative estimate of drug-likeness (QED) is 0.133. The number of nitrogens with zero attached hydrogens (tertiary/aromatic N) is 2. The van der Waals surface area contributed by atoms with E-state index < -0.39 is 13.3 Å². The normalized spacial score (nSPS) is 11.6. The Bertz CT molecular complexity index is 1770. The zero-order chi connectivity index (χ0) is 28.5. The van der Waals surface area contributed by atoms with Gasteiger partial charge in [-0.1, -0.05) is 37.8 Å². The average molecular weight is 781 g/mol. The van der Waals surface area contributed by atoms with Gasteiger partial charge in [0.2, 0.25) is 0 Å². The van der Waals surface area contributed by atoms with Crippen molar-refractivity contribution in [3.05, 3.63) is 115 Å². The molecule has 211 valence electrons. The Balaban J connectivity index is 0.000000200. The summed E-state index contributed by atoms with van der Waals surface area (Å²) in [6.45, 7) is 6.50. The van der Waals surface area contributed by atoms with Crippen LogP contribution in [0, 0.1) is 17.9 Å². The summed E-state index contributed by atoms with van der Waals surface area (Å²) in [7, 11) is 0. The molecular formula is C35H33FGeIrN2O-2. The average Bonchev–Trinajstić information content (AvgIpc) is 3.31. The van der Waals surface area contributed by atoms with E-state index in [2.05, 4.69) is 78.3 Å². The van der Waals surface area contributed by atoms with Gasteiger partial charge in [0, 0.05) is 37.8 Å². The van der Waals surface area contributed by atoms with Gasteiger partial charge in [0.1, 0.15) is 11.4 Å². The third-order valence-corrected chi connectivity index (χ3v) is 11.1. The van der Waals surface area contributed by atoms with Crippen LogP contribution in [0.5, 0.6) is 0 Å². The van der Waals surface area contributed by atoms with Crippen molar-refractivity contribution >= 4 is 39.6 Å². The van der Waals surface area contributed by atoms with E-state index in [0.717, 1.165) is 33.3 Å². The van der Waals surface area contributed by atoms with E-state index in [1.807, 2.05) is 54.9 Å². The Morgan fingerprint density at radius 2 is 1.61 bits per heavy atom. The van der Waals surface area contributed by atoms with Gasteiger partial charge in [0.05, 0.1) is 5.58 Å². The predicted molar refractivity (Wildman–Crippen MR) is 166 cm³/mol. The second kappa shape index (κ2) is 12.4. The van der Waals surface area contributed by atoms with Crippen LogP contribution in [-0.2, 0) is 25.5 Å². The second-order valence-electron chi connectivity index (χ2n) is 12.0. The summed E-state index contributed by atoms with van der Waals surface area (Å²) < 4.78 is 20.9. The number of rotatable bonds is 3. The second-order valence-corrected chi connectivity index (χ2v) is 22.6. The molecule has 0 atom stereocenters. The molecule has 0 spiro atoms. The van der Waals surface area contributed by atoms with Crippen molar-refractivity contribution in [2.45, 2.75) is 43.5 Å². The van der Waals surface area contributed by atoms with Gasteiger partial charge in [-0.2, -0.15) is 0 Å². The Hall–Kier alpha value is -3.12. The van der Waals surface area contributed by atoms with Crippen LogP contribution in [0.25, 0.3) is 44.5 Å². The van der Waals surface area contributed by atoms with E-state index in [9.17, 15) is 4.39 Å². The first kappa shape index (κ1) is 30.8. The molecule has 6 aromatic rings. The SMILES string of the molecule is CC(C)(C)c1ccnc(-c2[c-]ccc3c2oc2cc(F)ccc23)c1.[CH3][Ge]([CH3])([CH3])[c]1ccc(-c2[c-]cccc2)nc1.[Ir]. The van der Waals surface area contributed by atoms with Crippen LogP contribution in [0.15, 0.2) is 95.7 Å². The van der Waals surface area contributed by atoms with E-state index in [1.165, 1.54) is 22.1 Å². The summed E-state index contributed by atoms with van der Waals surface area (Å²) in [6, 6.07) is 31.2. The maximum atomic E-state index is 13.5. The minimum absolute atomic E-state index is 0. The van der Waals surface area contributed by atoms with Crippen LogP contribution >= 0.6 is 0 Å². The Morgan fingerprint density at radius 3 is 2.27 bits per heavy atom. The Morgan fingerprint density at radius 1 is 0.805 bits per heavy atom. The third kappa shape index (κ3) is 7.03. The molecule has 3 aromatic heterocycles. The number of furan rings is 1. The van der Waals surface area contributed by atoms with Gasteiger partial charge in [-0.3, -0.25) is 0 Å². The molecule has 1 radical (unpaired) electrons. The number of aromatic nitrogens is 2. The summed E-state index contributed by atoms with van der Waals surface area (Å²) in [6.07, 6.45) is 3.85. The molecule has 6 rings (SSSR count). The van der Waals surface area contributed by atoms with E-state index in [0.29, 0.717) is 11.2 Å². The van der Waals surface area contributed by atoms with Gasteiger partial charge in [-0.05, 0) is 34.9 Å². The van der Waals surface area contributed by atoms with E-state index in [-0.39, 0.29) is 31.3 Å². The third-order valence-electron chi connectivity index (χ3n) is 6.89. The number of hydrogen-bond donors (Lipinski definition) is 0. The monoisotopic (exact) mass is 783 g/mol.